The van der Waals surface area contributed by atoms with Gasteiger partial charge in [-0.2, -0.15) is 5.10 Å². The van der Waals surface area contributed by atoms with Gasteiger partial charge in [-0.15, -0.1) is 0 Å². The van der Waals surface area contributed by atoms with Gasteiger partial charge in [0.1, 0.15) is 5.82 Å². The van der Waals surface area contributed by atoms with Crippen LogP contribution in [0.4, 0.5) is 9.18 Å². The van der Waals surface area contributed by atoms with Crippen molar-refractivity contribution in [2.75, 3.05) is 13.2 Å². The molecule has 178 valence electrons. The minimum atomic E-state index is -0.292. The summed E-state index contributed by atoms with van der Waals surface area (Å²) < 4.78 is 15.1. The van der Waals surface area contributed by atoms with Crippen molar-refractivity contribution < 1.29 is 14.3 Å². The summed E-state index contributed by atoms with van der Waals surface area (Å²) in [5, 5.41) is 20.4. The number of amides is 2. The predicted octanol–water partition coefficient (Wildman–Crippen LogP) is 5.00. The van der Waals surface area contributed by atoms with Crippen LogP contribution in [0.3, 0.4) is 0 Å². The molecule has 3 rings (SSSR count). The molecule has 3 N–H and O–H groups in total. The standard InChI is InChI=1S/C26H35FN4O2/c1-17(2)12-23(26(4,5)16-28-25(33)30-18(3)15-32)19-6-11-24-20(13-19)14-29-31(24)22-9-7-21(27)8-10-22/h6-11,13-14,17-18,23,32H,12,15-16H2,1-5H3,(H2,28,30,33)/t18-,23?/m0/s1. The van der Waals surface area contributed by atoms with Gasteiger partial charge in [-0.05, 0) is 72.6 Å². The van der Waals surface area contributed by atoms with Crippen LogP contribution in [0.15, 0.2) is 48.7 Å². The fourth-order valence-electron chi connectivity index (χ4n) is 4.19. The Hall–Kier alpha value is -2.93. The number of urea groups is 1. The van der Waals surface area contributed by atoms with E-state index in [9.17, 15) is 9.18 Å². The first kappa shape index (κ1) is 24.7. The molecule has 1 aromatic heterocycles. The van der Waals surface area contributed by atoms with Gasteiger partial charge in [-0.1, -0.05) is 33.8 Å². The van der Waals surface area contributed by atoms with Crippen LogP contribution in [-0.2, 0) is 0 Å². The monoisotopic (exact) mass is 454 g/mol. The summed E-state index contributed by atoms with van der Waals surface area (Å²) in [4.78, 5) is 12.2. The van der Waals surface area contributed by atoms with Gasteiger partial charge in [0, 0.05) is 11.9 Å². The molecule has 3 aromatic rings. The number of hydrogen-bond donors (Lipinski definition) is 3. The number of aromatic nitrogens is 2. The highest BCUT2D eigenvalue weighted by atomic mass is 19.1. The molecule has 33 heavy (non-hydrogen) atoms. The van der Waals surface area contributed by atoms with Crippen molar-refractivity contribution in [3.8, 4) is 5.69 Å². The fraction of sp³-hybridized carbons (Fsp3) is 0.462. The number of nitrogens with zero attached hydrogens (tertiary/aromatic N) is 2. The smallest absolute Gasteiger partial charge is 0.315 e. The quantitative estimate of drug-likeness (QED) is 0.426. The molecule has 0 aliphatic carbocycles. The highest BCUT2D eigenvalue weighted by Gasteiger charge is 2.32. The van der Waals surface area contributed by atoms with Crippen LogP contribution in [0.1, 0.15) is 52.5 Å². The van der Waals surface area contributed by atoms with Gasteiger partial charge >= 0.3 is 6.03 Å². The van der Waals surface area contributed by atoms with E-state index in [4.69, 9.17) is 5.11 Å². The average Bonchev–Trinajstić information content (AvgIpc) is 3.19. The lowest BCUT2D eigenvalue weighted by Crippen LogP contribution is -2.46. The number of fused-ring (bicyclic) bond motifs is 1. The summed E-state index contributed by atoms with van der Waals surface area (Å²) in [5.41, 5.74) is 2.77. The third-order valence-electron chi connectivity index (χ3n) is 6.07. The Kier molecular flexibility index (Phi) is 7.74. The first-order valence-corrected chi connectivity index (χ1v) is 11.5. The molecule has 2 amide bonds. The lowest BCUT2D eigenvalue weighted by Gasteiger charge is -2.36. The van der Waals surface area contributed by atoms with E-state index in [0.29, 0.717) is 12.5 Å². The SMILES string of the molecule is CC(C)CC(c1ccc2c(cnn2-c2ccc(F)cc2)c1)C(C)(C)CNC(=O)N[C@@H](C)CO. The zero-order chi connectivity index (χ0) is 24.2. The van der Waals surface area contributed by atoms with Crippen LogP contribution < -0.4 is 10.6 Å². The highest BCUT2D eigenvalue weighted by molar-refractivity contribution is 5.81. The second-order valence-electron chi connectivity index (χ2n) is 9.93. The van der Waals surface area contributed by atoms with Crippen molar-refractivity contribution in [1.82, 2.24) is 20.4 Å². The Bertz CT molecular complexity index is 1080. The number of aliphatic hydroxyl groups is 1. The summed E-state index contributed by atoms with van der Waals surface area (Å²) in [6.07, 6.45) is 2.81. The van der Waals surface area contributed by atoms with Crippen molar-refractivity contribution in [2.24, 2.45) is 11.3 Å². The largest absolute Gasteiger partial charge is 0.394 e. The van der Waals surface area contributed by atoms with Crippen LogP contribution in [-0.4, -0.2) is 40.1 Å². The second kappa shape index (κ2) is 10.3. The molecule has 0 saturated carbocycles. The Labute approximate surface area is 195 Å². The van der Waals surface area contributed by atoms with E-state index >= 15 is 0 Å². The topological polar surface area (TPSA) is 79.2 Å². The molecule has 1 unspecified atom stereocenters. The van der Waals surface area contributed by atoms with Crippen LogP contribution in [0.2, 0.25) is 0 Å². The summed E-state index contributed by atoms with van der Waals surface area (Å²) >= 11 is 0. The number of carbonyl (C=O) groups is 1. The number of benzene rings is 2. The molecule has 0 saturated heterocycles. The number of carbonyl (C=O) groups excluding carboxylic acids is 1. The van der Waals surface area contributed by atoms with Gasteiger partial charge in [0.2, 0.25) is 0 Å². The van der Waals surface area contributed by atoms with Crippen LogP contribution in [0, 0.1) is 17.2 Å². The molecule has 0 aliphatic heterocycles. The number of aliphatic hydroxyl groups excluding tert-OH is 1. The van der Waals surface area contributed by atoms with Crippen molar-refractivity contribution in [1.29, 1.82) is 0 Å². The molecule has 0 bridgehead atoms. The van der Waals surface area contributed by atoms with E-state index < -0.39 is 0 Å². The Morgan fingerprint density at radius 3 is 2.48 bits per heavy atom. The molecule has 2 atom stereocenters. The van der Waals surface area contributed by atoms with Crippen molar-refractivity contribution in [3.05, 3.63) is 60.0 Å². The van der Waals surface area contributed by atoms with Gasteiger partial charge in [0.05, 0.1) is 30.0 Å². The van der Waals surface area contributed by atoms with Gasteiger partial charge in [-0.25, -0.2) is 13.9 Å². The number of nitrogens with one attached hydrogen (secondary N) is 2. The Balaban J connectivity index is 1.86. The van der Waals surface area contributed by atoms with Crippen molar-refractivity contribution in [3.63, 3.8) is 0 Å². The summed E-state index contributed by atoms with van der Waals surface area (Å²) in [6, 6.07) is 12.1. The lowest BCUT2D eigenvalue weighted by atomic mass is 9.71. The molecule has 1 heterocycles. The molecule has 0 spiro atoms. The zero-order valence-corrected chi connectivity index (χ0v) is 20.1. The van der Waals surface area contributed by atoms with E-state index in [1.807, 2.05) is 10.9 Å². The van der Waals surface area contributed by atoms with E-state index in [0.717, 1.165) is 23.0 Å². The van der Waals surface area contributed by atoms with Crippen LogP contribution >= 0.6 is 0 Å². The lowest BCUT2D eigenvalue weighted by molar-refractivity contribution is 0.206. The minimum Gasteiger partial charge on any atom is -0.394 e. The number of rotatable bonds is 9. The summed E-state index contributed by atoms with van der Waals surface area (Å²) in [6.45, 7) is 10.9. The zero-order valence-electron chi connectivity index (χ0n) is 20.1. The van der Waals surface area contributed by atoms with Crippen molar-refractivity contribution in [2.45, 2.75) is 53.0 Å². The van der Waals surface area contributed by atoms with E-state index in [2.05, 4.69) is 61.6 Å². The van der Waals surface area contributed by atoms with Gasteiger partial charge in [0.25, 0.3) is 0 Å². The van der Waals surface area contributed by atoms with E-state index in [-0.39, 0.29) is 35.8 Å². The molecule has 0 fully saturated rings. The maximum absolute atomic E-state index is 13.3. The highest BCUT2D eigenvalue weighted by Crippen LogP contribution is 2.40. The van der Waals surface area contributed by atoms with Gasteiger partial charge in [-0.3, -0.25) is 0 Å². The Morgan fingerprint density at radius 2 is 1.85 bits per heavy atom. The third-order valence-corrected chi connectivity index (χ3v) is 6.07. The molecular weight excluding hydrogens is 419 g/mol. The molecule has 6 nitrogen and oxygen atoms in total. The third kappa shape index (κ3) is 6.11. The molecule has 7 heteroatoms. The first-order chi connectivity index (χ1) is 15.6. The average molecular weight is 455 g/mol. The predicted molar refractivity (Wildman–Crippen MR) is 130 cm³/mol. The summed E-state index contributed by atoms with van der Waals surface area (Å²) in [7, 11) is 0. The number of hydrogen-bond acceptors (Lipinski definition) is 3. The second-order valence-corrected chi connectivity index (χ2v) is 9.93. The van der Waals surface area contributed by atoms with E-state index in [1.54, 1.807) is 19.1 Å². The molecule has 0 radical (unpaired) electrons. The van der Waals surface area contributed by atoms with Crippen LogP contribution in [0.25, 0.3) is 16.6 Å². The molecular formula is C26H35FN4O2. The Morgan fingerprint density at radius 1 is 1.15 bits per heavy atom. The van der Waals surface area contributed by atoms with Gasteiger partial charge < -0.3 is 15.7 Å². The van der Waals surface area contributed by atoms with Gasteiger partial charge in [0.15, 0.2) is 0 Å². The fourth-order valence-corrected chi connectivity index (χ4v) is 4.19. The first-order valence-electron chi connectivity index (χ1n) is 11.5. The number of halogens is 1. The maximum Gasteiger partial charge on any atom is 0.315 e. The maximum atomic E-state index is 13.3. The minimum absolute atomic E-state index is 0.0988. The molecule has 2 aromatic carbocycles. The van der Waals surface area contributed by atoms with Crippen molar-refractivity contribution >= 4 is 16.9 Å². The van der Waals surface area contributed by atoms with E-state index in [1.165, 1.54) is 17.7 Å². The summed E-state index contributed by atoms with van der Waals surface area (Å²) in [5.74, 6) is 0.422. The normalized spacial score (nSPS) is 13.8. The molecule has 0 aliphatic rings. The van der Waals surface area contributed by atoms with Crippen LogP contribution in [0.5, 0.6) is 0 Å².